The molecule has 1 saturated heterocycles. The molecular weight excluding hydrogens is 319 g/mol. The first-order valence-corrected chi connectivity index (χ1v) is 7.96. The lowest BCUT2D eigenvalue weighted by molar-refractivity contribution is -0.121. The molecule has 7 heteroatoms. The van der Waals surface area contributed by atoms with Gasteiger partial charge in [-0.3, -0.25) is 9.69 Å². The minimum atomic E-state index is -0.490. The topological polar surface area (TPSA) is 61.0 Å². The third kappa shape index (κ3) is 4.09. The number of rotatable bonds is 4. The molecule has 0 unspecified atom stereocenters. The molecule has 1 aliphatic heterocycles. The number of carbonyl (C=O) groups excluding carboxylic acids is 1. The lowest BCUT2D eigenvalue weighted by Crippen LogP contribution is -2.38. The summed E-state index contributed by atoms with van der Waals surface area (Å²) in [6.45, 7) is 2.47. The molecule has 122 valence electrons. The van der Waals surface area contributed by atoms with Crippen LogP contribution >= 0.6 is 11.6 Å². The monoisotopic (exact) mass is 336 g/mol. The summed E-state index contributed by atoms with van der Waals surface area (Å²) < 4.78 is 13.1. The highest BCUT2D eigenvalue weighted by Gasteiger charge is 2.25. The average Bonchev–Trinajstić information content (AvgIpc) is 3.04. The lowest BCUT2D eigenvalue weighted by atomic mass is 9.96. The maximum Gasteiger partial charge on any atom is 0.227 e. The van der Waals surface area contributed by atoms with Crippen LogP contribution in [0.25, 0.3) is 0 Å². The second-order valence-corrected chi connectivity index (χ2v) is 6.11. The van der Waals surface area contributed by atoms with Gasteiger partial charge in [-0.1, -0.05) is 11.6 Å². The molecule has 2 aromatic rings. The van der Waals surface area contributed by atoms with E-state index in [4.69, 9.17) is 11.6 Å². The first kappa shape index (κ1) is 16.0. The number of hydrogen-bond acceptors (Lipinski definition) is 3. The van der Waals surface area contributed by atoms with Crippen LogP contribution < -0.4 is 5.32 Å². The molecule has 5 nitrogen and oxygen atoms in total. The smallest absolute Gasteiger partial charge is 0.227 e. The van der Waals surface area contributed by atoms with Gasteiger partial charge in [-0.15, -0.1) is 0 Å². The van der Waals surface area contributed by atoms with Gasteiger partial charge in [0.15, 0.2) is 0 Å². The molecule has 0 spiro atoms. The van der Waals surface area contributed by atoms with Crippen molar-refractivity contribution in [1.82, 2.24) is 14.9 Å². The van der Waals surface area contributed by atoms with E-state index in [1.165, 1.54) is 18.2 Å². The van der Waals surface area contributed by atoms with Gasteiger partial charge < -0.3 is 10.3 Å². The molecule has 1 fully saturated rings. The molecule has 1 aromatic carbocycles. The molecule has 0 radical (unpaired) electrons. The van der Waals surface area contributed by atoms with Crippen LogP contribution in [0.5, 0.6) is 0 Å². The number of aromatic amines is 1. The number of H-pyrrole nitrogens is 1. The van der Waals surface area contributed by atoms with E-state index >= 15 is 0 Å². The Kier molecular flexibility index (Phi) is 4.93. The van der Waals surface area contributed by atoms with E-state index in [1.807, 2.05) is 6.20 Å². The first-order valence-electron chi connectivity index (χ1n) is 7.58. The molecule has 1 amide bonds. The maximum atomic E-state index is 13.1. The summed E-state index contributed by atoms with van der Waals surface area (Å²) in [4.78, 5) is 21.9. The Labute approximate surface area is 138 Å². The number of nitrogens with one attached hydrogen (secondary N) is 2. The number of likely N-dealkylation sites (tertiary alicyclic amines) is 1. The minimum absolute atomic E-state index is 0.0102. The SMILES string of the molecule is O=C(Nc1ccc(F)c(Cl)c1)C1CCN(Cc2ncc[nH]2)CC1. The van der Waals surface area contributed by atoms with Gasteiger partial charge in [-0.2, -0.15) is 0 Å². The lowest BCUT2D eigenvalue weighted by Gasteiger charge is -2.30. The molecule has 2 N–H and O–H groups in total. The van der Waals surface area contributed by atoms with Crippen molar-refractivity contribution in [2.75, 3.05) is 18.4 Å². The van der Waals surface area contributed by atoms with E-state index < -0.39 is 5.82 Å². The summed E-state index contributed by atoms with van der Waals surface area (Å²) in [7, 11) is 0. The van der Waals surface area contributed by atoms with Crippen molar-refractivity contribution >= 4 is 23.2 Å². The fraction of sp³-hybridized carbons (Fsp3) is 0.375. The molecule has 2 heterocycles. The van der Waals surface area contributed by atoms with Gasteiger partial charge in [0, 0.05) is 24.0 Å². The molecular formula is C16H18ClFN4O. The first-order chi connectivity index (χ1) is 11.1. The number of amides is 1. The largest absolute Gasteiger partial charge is 0.348 e. The van der Waals surface area contributed by atoms with E-state index in [0.29, 0.717) is 5.69 Å². The van der Waals surface area contributed by atoms with Gasteiger partial charge in [-0.05, 0) is 44.1 Å². The fourth-order valence-corrected chi connectivity index (χ4v) is 2.95. The number of aromatic nitrogens is 2. The van der Waals surface area contributed by atoms with E-state index in [0.717, 1.165) is 38.3 Å². The highest BCUT2D eigenvalue weighted by atomic mass is 35.5. The van der Waals surface area contributed by atoms with E-state index in [-0.39, 0.29) is 16.8 Å². The van der Waals surface area contributed by atoms with Gasteiger partial charge in [0.05, 0.1) is 11.6 Å². The van der Waals surface area contributed by atoms with Crippen molar-refractivity contribution in [1.29, 1.82) is 0 Å². The number of nitrogens with zero attached hydrogens (tertiary/aromatic N) is 2. The predicted molar refractivity (Wildman–Crippen MR) is 86.6 cm³/mol. The minimum Gasteiger partial charge on any atom is -0.348 e. The van der Waals surface area contributed by atoms with Crippen LogP contribution in [0.1, 0.15) is 18.7 Å². The number of anilines is 1. The second kappa shape index (κ2) is 7.10. The van der Waals surface area contributed by atoms with Gasteiger partial charge in [-0.25, -0.2) is 9.37 Å². The number of halogens is 2. The van der Waals surface area contributed by atoms with Crippen LogP contribution in [-0.2, 0) is 11.3 Å². The summed E-state index contributed by atoms with van der Waals surface area (Å²) in [6, 6.07) is 4.20. The van der Waals surface area contributed by atoms with Crippen molar-refractivity contribution < 1.29 is 9.18 Å². The van der Waals surface area contributed by atoms with Crippen molar-refractivity contribution in [3.63, 3.8) is 0 Å². The van der Waals surface area contributed by atoms with Gasteiger partial charge in [0.1, 0.15) is 11.6 Å². The molecule has 23 heavy (non-hydrogen) atoms. The van der Waals surface area contributed by atoms with E-state index in [1.54, 1.807) is 6.20 Å². The number of hydrogen-bond donors (Lipinski definition) is 2. The molecule has 0 saturated carbocycles. The summed E-state index contributed by atoms with van der Waals surface area (Å²) in [5, 5.41) is 2.82. The number of piperidine rings is 1. The molecule has 0 aliphatic carbocycles. The molecule has 0 bridgehead atoms. The van der Waals surface area contributed by atoms with Gasteiger partial charge >= 0.3 is 0 Å². The van der Waals surface area contributed by atoms with Gasteiger partial charge in [0.25, 0.3) is 0 Å². The maximum absolute atomic E-state index is 13.1. The number of imidazole rings is 1. The fourth-order valence-electron chi connectivity index (χ4n) is 2.77. The average molecular weight is 337 g/mol. The quantitative estimate of drug-likeness (QED) is 0.902. The Morgan fingerprint density at radius 3 is 2.87 bits per heavy atom. The Hall–Kier alpha value is -1.92. The summed E-state index contributed by atoms with van der Waals surface area (Å²) in [5.41, 5.74) is 0.527. The number of carbonyl (C=O) groups is 1. The standard InChI is InChI=1S/C16H18ClFN4O/c17-13-9-12(1-2-14(13)18)21-16(23)11-3-7-22(8-4-11)10-15-19-5-6-20-15/h1-2,5-6,9,11H,3-4,7-8,10H2,(H,19,20)(H,21,23). The summed E-state index contributed by atoms with van der Waals surface area (Å²) >= 11 is 5.73. The normalized spacial score (nSPS) is 16.4. The van der Waals surface area contributed by atoms with Crippen LogP contribution in [0, 0.1) is 11.7 Å². The number of benzene rings is 1. The van der Waals surface area contributed by atoms with Crippen molar-refractivity contribution in [2.45, 2.75) is 19.4 Å². The second-order valence-electron chi connectivity index (χ2n) is 5.70. The zero-order valence-corrected chi connectivity index (χ0v) is 13.3. The highest BCUT2D eigenvalue weighted by molar-refractivity contribution is 6.31. The summed E-state index contributed by atoms with van der Waals surface area (Å²) in [5.74, 6) is 0.377. The Morgan fingerprint density at radius 2 is 2.22 bits per heavy atom. The predicted octanol–water partition coefficient (Wildman–Crippen LogP) is 3.05. The van der Waals surface area contributed by atoms with Crippen molar-refractivity contribution in [2.24, 2.45) is 5.92 Å². The van der Waals surface area contributed by atoms with Crippen LogP contribution in [0.4, 0.5) is 10.1 Å². The van der Waals surface area contributed by atoms with Crippen molar-refractivity contribution in [3.05, 3.63) is 47.3 Å². The van der Waals surface area contributed by atoms with Crippen LogP contribution in [-0.4, -0.2) is 33.9 Å². The van der Waals surface area contributed by atoms with Crippen LogP contribution in [0.3, 0.4) is 0 Å². The molecule has 1 aliphatic rings. The Morgan fingerprint density at radius 1 is 1.43 bits per heavy atom. The highest BCUT2D eigenvalue weighted by Crippen LogP contribution is 2.23. The van der Waals surface area contributed by atoms with Crippen LogP contribution in [0.2, 0.25) is 5.02 Å². The Balaban J connectivity index is 1.50. The molecule has 3 rings (SSSR count). The zero-order valence-electron chi connectivity index (χ0n) is 12.6. The molecule has 0 atom stereocenters. The third-order valence-corrected chi connectivity index (χ3v) is 4.36. The van der Waals surface area contributed by atoms with Crippen LogP contribution in [0.15, 0.2) is 30.6 Å². The van der Waals surface area contributed by atoms with Gasteiger partial charge in [0.2, 0.25) is 5.91 Å². The van der Waals surface area contributed by atoms with Crippen molar-refractivity contribution in [3.8, 4) is 0 Å². The van der Waals surface area contributed by atoms with E-state index in [2.05, 4.69) is 20.2 Å². The molecule has 1 aromatic heterocycles. The third-order valence-electron chi connectivity index (χ3n) is 4.07. The zero-order chi connectivity index (χ0) is 16.2. The Bertz CT molecular complexity index is 669. The van der Waals surface area contributed by atoms with E-state index in [9.17, 15) is 9.18 Å². The summed E-state index contributed by atoms with van der Waals surface area (Å²) in [6.07, 6.45) is 5.13.